The zero-order chi connectivity index (χ0) is 15.5. The number of sulfonamides is 1. The summed E-state index contributed by atoms with van der Waals surface area (Å²) in [5.41, 5.74) is 0.542. The molecule has 0 atom stereocenters. The Bertz CT molecular complexity index is 698. The predicted octanol–water partition coefficient (Wildman–Crippen LogP) is 1.96. The van der Waals surface area contributed by atoms with Crippen molar-refractivity contribution in [1.82, 2.24) is 9.78 Å². The second-order valence-electron chi connectivity index (χ2n) is 4.30. The van der Waals surface area contributed by atoms with Crippen molar-refractivity contribution in [2.24, 2.45) is 0 Å². The van der Waals surface area contributed by atoms with Crippen molar-refractivity contribution in [1.29, 1.82) is 0 Å². The lowest BCUT2D eigenvalue weighted by atomic mass is 10.3. The third-order valence-electron chi connectivity index (χ3n) is 3.02. The van der Waals surface area contributed by atoms with E-state index in [1.54, 1.807) is 31.4 Å². The molecule has 0 N–H and O–H groups in total. The number of benzene rings is 1. The Morgan fingerprint density at radius 2 is 2.00 bits per heavy atom. The Labute approximate surface area is 128 Å². The van der Waals surface area contributed by atoms with E-state index in [9.17, 15) is 8.42 Å². The molecule has 0 aliphatic rings. The van der Waals surface area contributed by atoms with E-state index in [1.165, 1.54) is 28.4 Å². The highest BCUT2D eigenvalue weighted by molar-refractivity contribution is 7.92. The minimum absolute atomic E-state index is 0.130. The zero-order valence-corrected chi connectivity index (χ0v) is 13.3. The third-order valence-corrected chi connectivity index (χ3v) is 4.93. The van der Waals surface area contributed by atoms with Crippen LogP contribution in [0.3, 0.4) is 0 Å². The average molecular weight is 330 g/mol. The van der Waals surface area contributed by atoms with Crippen molar-refractivity contribution < 1.29 is 13.2 Å². The maximum atomic E-state index is 12.5. The Balaban J connectivity index is 2.28. The summed E-state index contributed by atoms with van der Waals surface area (Å²) in [4.78, 5) is 0.130. The van der Waals surface area contributed by atoms with E-state index in [4.69, 9.17) is 16.3 Å². The van der Waals surface area contributed by atoms with Crippen LogP contribution in [0.15, 0.2) is 41.6 Å². The minimum atomic E-state index is -3.64. The molecule has 0 saturated carbocycles. The number of alkyl halides is 1. The van der Waals surface area contributed by atoms with Crippen LogP contribution in [0.1, 0.15) is 0 Å². The van der Waals surface area contributed by atoms with Crippen molar-refractivity contribution in [3.05, 3.63) is 36.7 Å². The Morgan fingerprint density at radius 1 is 1.33 bits per heavy atom. The van der Waals surface area contributed by atoms with Gasteiger partial charge in [0.05, 0.1) is 25.5 Å². The smallest absolute Gasteiger partial charge is 0.267 e. The van der Waals surface area contributed by atoms with Gasteiger partial charge in [-0.1, -0.05) is 0 Å². The highest BCUT2D eigenvalue weighted by atomic mass is 35.5. The molecular weight excluding hydrogens is 314 g/mol. The van der Waals surface area contributed by atoms with Crippen LogP contribution in [0.5, 0.6) is 5.75 Å². The van der Waals surface area contributed by atoms with Gasteiger partial charge >= 0.3 is 0 Å². The van der Waals surface area contributed by atoms with Crippen LogP contribution >= 0.6 is 11.6 Å². The van der Waals surface area contributed by atoms with Gasteiger partial charge in [-0.05, 0) is 24.3 Å². The van der Waals surface area contributed by atoms with Crippen LogP contribution in [0.2, 0.25) is 0 Å². The predicted molar refractivity (Wildman–Crippen MR) is 81.5 cm³/mol. The molecule has 8 heteroatoms. The standard InChI is InChI=1S/C13H16ClN3O3S/c1-16(11-3-5-12(20-2)6-4-11)21(18,19)13-9-15-17(10-13)8-7-14/h3-6,9-10H,7-8H2,1-2H3. The Morgan fingerprint density at radius 3 is 2.57 bits per heavy atom. The van der Waals surface area contributed by atoms with Gasteiger partial charge in [0.25, 0.3) is 10.0 Å². The van der Waals surface area contributed by atoms with E-state index in [1.807, 2.05) is 0 Å². The second kappa shape index (κ2) is 6.36. The summed E-state index contributed by atoms with van der Waals surface area (Å²) in [7, 11) is -0.591. The van der Waals surface area contributed by atoms with Crippen LogP contribution in [-0.4, -0.2) is 38.2 Å². The molecule has 0 radical (unpaired) electrons. The molecule has 1 aromatic heterocycles. The van der Waals surface area contributed by atoms with Gasteiger partial charge in [-0.2, -0.15) is 5.10 Å². The van der Waals surface area contributed by atoms with Crippen molar-refractivity contribution in [3.8, 4) is 5.75 Å². The first-order chi connectivity index (χ1) is 9.98. The monoisotopic (exact) mass is 329 g/mol. The first-order valence-corrected chi connectivity index (χ1v) is 8.18. The van der Waals surface area contributed by atoms with E-state index in [0.29, 0.717) is 23.9 Å². The molecule has 2 rings (SSSR count). The van der Waals surface area contributed by atoms with Gasteiger partial charge in [-0.15, -0.1) is 11.6 Å². The van der Waals surface area contributed by atoms with Crippen LogP contribution in [0, 0.1) is 0 Å². The Hall–Kier alpha value is -1.73. The fourth-order valence-electron chi connectivity index (χ4n) is 1.78. The largest absolute Gasteiger partial charge is 0.497 e. The molecule has 0 amide bonds. The van der Waals surface area contributed by atoms with Gasteiger partial charge in [-0.25, -0.2) is 8.42 Å². The minimum Gasteiger partial charge on any atom is -0.497 e. The molecule has 0 spiro atoms. The van der Waals surface area contributed by atoms with Crippen molar-refractivity contribution in [2.45, 2.75) is 11.4 Å². The third kappa shape index (κ3) is 3.30. The normalized spacial score (nSPS) is 11.4. The first-order valence-electron chi connectivity index (χ1n) is 6.20. The van der Waals surface area contributed by atoms with E-state index in [2.05, 4.69) is 5.10 Å². The number of aromatic nitrogens is 2. The van der Waals surface area contributed by atoms with Gasteiger partial charge in [0.2, 0.25) is 0 Å². The quantitative estimate of drug-likeness (QED) is 0.760. The molecule has 114 valence electrons. The van der Waals surface area contributed by atoms with E-state index in [0.717, 1.165) is 0 Å². The lowest BCUT2D eigenvalue weighted by Gasteiger charge is -2.18. The maximum absolute atomic E-state index is 12.5. The summed E-state index contributed by atoms with van der Waals surface area (Å²) in [5, 5.41) is 3.98. The van der Waals surface area contributed by atoms with Crippen LogP contribution in [0.4, 0.5) is 5.69 Å². The molecule has 0 unspecified atom stereocenters. The molecule has 0 fully saturated rings. The zero-order valence-electron chi connectivity index (χ0n) is 11.7. The number of ether oxygens (including phenoxy) is 1. The fraction of sp³-hybridized carbons (Fsp3) is 0.308. The molecule has 0 aliphatic heterocycles. The lowest BCUT2D eigenvalue weighted by molar-refractivity contribution is 0.415. The SMILES string of the molecule is COc1ccc(N(C)S(=O)(=O)c2cnn(CCCl)c2)cc1. The number of hydrogen-bond donors (Lipinski definition) is 0. The highest BCUT2D eigenvalue weighted by Gasteiger charge is 2.23. The van der Waals surface area contributed by atoms with E-state index >= 15 is 0 Å². The molecule has 1 aromatic carbocycles. The first kappa shape index (κ1) is 15.7. The van der Waals surface area contributed by atoms with Gasteiger partial charge in [0, 0.05) is 19.1 Å². The van der Waals surface area contributed by atoms with Gasteiger partial charge in [0.1, 0.15) is 10.6 Å². The summed E-state index contributed by atoms with van der Waals surface area (Å²) >= 11 is 5.61. The topological polar surface area (TPSA) is 64.4 Å². The average Bonchev–Trinajstić information content (AvgIpc) is 2.96. The van der Waals surface area contributed by atoms with Crippen LogP contribution in [-0.2, 0) is 16.6 Å². The molecule has 2 aromatic rings. The number of rotatable bonds is 6. The summed E-state index contributed by atoms with van der Waals surface area (Å²) in [6.07, 6.45) is 2.79. The molecular formula is C13H16ClN3O3S. The van der Waals surface area contributed by atoms with Crippen LogP contribution in [0.25, 0.3) is 0 Å². The number of methoxy groups -OCH3 is 1. The lowest BCUT2D eigenvalue weighted by Crippen LogP contribution is -2.26. The van der Waals surface area contributed by atoms with Crippen molar-refractivity contribution in [3.63, 3.8) is 0 Å². The Kier molecular flexibility index (Phi) is 4.74. The molecule has 21 heavy (non-hydrogen) atoms. The van der Waals surface area contributed by atoms with Crippen LogP contribution < -0.4 is 9.04 Å². The maximum Gasteiger partial charge on any atom is 0.267 e. The van der Waals surface area contributed by atoms with Gasteiger partial charge in [-0.3, -0.25) is 8.99 Å². The summed E-state index contributed by atoms with van der Waals surface area (Å²) in [6, 6.07) is 6.77. The van der Waals surface area contributed by atoms with E-state index < -0.39 is 10.0 Å². The molecule has 0 bridgehead atoms. The number of anilines is 1. The number of hydrogen-bond acceptors (Lipinski definition) is 4. The summed E-state index contributed by atoms with van der Waals surface area (Å²) < 4.78 is 32.8. The molecule has 6 nitrogen and oxygen atoms in total. The number of halogens is 1. The molecule has 0 saturated heterocycles. The highest BCUT2D eigenvalue weighted by Crippen LogP contribution is 2.23. The summed E-state index contributed by atoms with van der Waals surface area (Å²) in [5.74, 6) is 1.04. The molecule has 1 heterocycles. The fourth-order valence-corrected chi connectivity index (χ4v) is 3.10. The van der Waals surface area contributed by atoms with Crippen molar-refractivity contribution >= 4 is 27.3 Å². The number of nitrogens with zero attached hydrogens (tertiary/aromatic N) is 3. The van der Waals surface area contributed by atoms with Crippen molar-refractivity contribution in [2.75, 3.05) is 24.3 Å². The van der Waals surface area contributed by atoms with Gasteiger partial charge < -0.3 is 4.74 Å². The summed E-state index contributed by atoms with van der Waals surface area (Å²) in [6.45, 7) is 0.462. The second-order valence-corrected chi connectivity index (χ2v) is 6.65. The van der Waals surface area contributed by atoms with E-state index in [-0.39, 0.29) is 4.90 Å². The van der Waals surface area contributed by atoms with Gasteiger partial charge in [0.15, 0.2) is 0 Å². The number of aryl methyl sites for hydroxylation is 1. The molecule has 0 aliphatic carbocycles.